The maximum atomic E-state index is 13.6. The Labute approximate surface area is 114 Å². The zero-order valence-electron chi connectivity index (χ0n) is 9.84. The molecule has 100 valence electrons. The molecule has 1 N–H and O–H groups in total. The summed E-state index contributed by atoms with van der Waals surface area (Å²) in [5.74, 6) is -0.520. The molecule has 0 aliphatic carbocycles. The van der Waals surface area contributed by atoms with Crippen LogP contribution in [-0.2, 0) is 6.54 Å². The van der Waals surface area contributed by atoms with Crippen molar-refractivity contribution in [2.24, 2.45) is 0 Å². The van der Waals surface area contributed by atoms with Gasteiger partial charge in [-0.25, -0.2) is 13.2 Å². The Kier molecular flexibility index (Phi) is 4.32. The van der Waals surface area contributed by atoms with E-state index in [2.05, 4.69) is 5.32 Å². The van der Waals surface area contributed by atoms with Gasteiger partial charge in [-0.3, -0.25) is 0 Å². The van der Waals surface area contributed by atoms with Crippen LogP contribution in [0.25, 0.3) is 0 Å². The van der Waals surface area contributed by atoms with E-state index in [1.807, 2.05) is 0 Å². The van der Waals surface area contributed by atoms with Gasteiger partial charge in [0.25, 0.3) is 6.43 Å². The summed E-state index contributed by atoms with van der Waals surface area (Å²) in [4.78, 5) is 0. The van der Waals surface area contributed by atoms with Gasteiger partial charge in [0.2, 0.25) is 0 Å². The molecule has 0 atom stereocenters. The lowest BCUT2D eigenvalue weighted by atomic mass is 10.1. The molecular formula is C14H11ClF3N. The molecule has 5 heteroatoms. The van der Waals surface area contributed by atoms with Crippen LogP contribution in [-0.4, -0.2) is 0 Å². The number of anilines is 1. The Bertz CT molecular complexity index is 555. The quantitative estimate of drug-likeness (QED) is 0.831. The molecular weight excluding hydrogens is 275 g/mol. The van der Waals surface area contributed by atoms with Crippen molar-refractivity contribution in [3.8, 4) is 0 Å². The van der Waals surface area contributed by atoms with E-state index in [9.17, 15) is 13.2 Å². The molecule has 0 radical (unpaired) electrons. The lowest BCUT2D eigenvalue weighted by molar-refractivity contribution is 0.151. The van der Waals surface area contributed by atoms with E-state index in [4.69, 9.17) is 11.6 Å². The molecule has 0 fully saturated rings. The molecule has 2 rings (SSSR count). The van der Waals surface area contributed by atoms with Crippen LogP contribution in [0.4, 0.5) is 18.9 Å². The first-order chi connectivity index (χ1) is 9.08. The van der Waals surface area contributed by atoms with Gasteiger partial charge in [0, 0.05) is 12.1 Å². The number of nitrogens with one attached hydrogen (secondary N) is 1. The summed E-state index contributed by atoms with van der Waals surface area (Å²) in [6, 6.07) is 10.5. The predicted octanol–water partition coefficient (Wildman–Crippen LogP) is 5.03. The summed E-state index contributed by atoms with van der Waals surface area (Å²) in [6.45, 7) is 0.334. The van der Waals surface area contributed by atoms with Crippen LogP contribution in [0.3, 0.4) is 0 Å². The summed E-state index contributed by atoms with van der Waals surface area (Å²) in [5, 5.41) is 2.91. The van der Waals surface area contributed by atoms with Gasteiger partial charge in [0.05, 0.1) is 10.7 Å². The molecule has 0 aliphatic heterocycles. The number of rotatable bonds is 4. The van der Waals surface area contributed by atoms with E-state index >= 15 is 0 Å². The van der Waals surface area contributed by atoms with Crippen LogP contribution in [0.5, 0.6) is 0 Å². The molecule has 2 aromatic carbocycles. The molecule has 0 saturated heterocycles. The molecule has 2 aromatic rings. The smallest absolute Gasteiger partial charge is 0.263 e. The van der Waals surface area contributed by atoms with Crippen LogP contribution in [0.15, 0.2) is 42.5 Å². The van der Waals surface area contributed by atoms with E-state index in [1.54, 1.807) is 24.3 Å². The van der Waals surface area contributed by atoms with Crippen LogP contribution < -0.4 is 5.32 Å². The largest absolute Gasteiger partial charge is 0.379 e. The first-order valence-corrected chi connectivity index (χ1v) is 6.00. The second-order valence-electron chi connectivity index (χ2n) is 4.00. The van der Waals surface area contributed by atoms with Gasteiger partial charge in [-0.05, 0) is 17.7 Å². The highest BCUT2D eigenvalue weighted by molar-refractivity contribution is 6.31. The minimum atomic E-state index is -2.48. The van der Waals surface area contributed by atoms with Crippen molar-refractivity contribution in [1.82, 2.24) is 0 Å². The number of hydrogen-bond acceptors (Lipinski definition) is 1. The Morgan fingerprint density at radius 1 is 1.05 bits per heavy atom. The van der Waals surface area contributed by atoms with Crippen molar-refractivity contribution in [3.05, 3.63) is 64.4 Å². The first kappa shape index (κ1) is 13.7. The Morgan fingerprint density at radius 2 is 1.74 bits per heavy atom. The van der Waals surface area contributed by atoms with Crippen LogP contribution in [0.1, 0.15) is 17.6 Å². The zero-order chi connectivity index (χ0) is 13.8. The SMILES string of the molecule is Fc1c(Cl)cccc1NCc1ccc(C(F)F)cc1. The highest BCUT2D eigenvalue weighted by atomic mass is 35.5. The fourth-order valence-electron chi connectivity index (χ4n) is 1.62. The Balaban J connectivity index is 2.04. The van der Waals surface area contributed by atoms with E-state index in [1.165, 1.54) is 18.2 Å². The first-order valence-electron chi connectivity index (χ1n) is 5.63. The predicted molar refractivity (Wildman–Crippen MR) is 70.1 cm³/mol. The second-order valence-corrected chi connectivity index (χ2v) is 4.40. The number of hydrogen-bond donors (Lipinski definition) is 1. The maximum Gasteiger partial charge on any atom is 0.263 e. The minimum absolute atomic E-state index is 0.0299. The number of alkyl halides is 2. The molecule has 0 spiro atoms. The summed E-state index contributed by atoms with van der Waals surface area (Å²) in [6.07, 6.45) is -2.48. The summed E-state index contributed by atoms with van der Waals surface area (Å²) in [7, 11) is 0. The van der Waals surface area contributed by atoms with Gasteiger partial charge >= 0.3 is 0 Å². The lowest BCUT2D eigenvalue weighted by Gasteiger charge is -2.09. The van der Waals surface area contributed by atoms with Crippen molar-refractivity contribution in [1.29, 1.82) is 0 Å². The molecule has 0 bridgehead atoms. The zero-order valence-corrected chi connectivity index (χ0v) is 10.6. The van der Waals surface area contributed by atoms with Gasteiger partial charge in [0.15, 0.2) is 5.82 Å². The summed E-state index contributed by atoms with van der Waals surface area (Å²) in [5.41, 5.74) is 1.03. The highest BCUT2D eigenvalue weighted by Crippen LogP contribution is 2.23. The second kappa shape index (κ2) is 5.97. The van der Waals surface area contributed by atoms with E-state index < -0.39 is 12.2 Å². The summed E-state index contributed by atoms with van der Waals surface area (Å²) < 4.78 is 38.3. The van der Waals surface area contributed by atoms with Crippen molar-refractivity contribution in [2.75, 3.05) is 5.32 Å². The minimum Gasteiger partial charge on any atom is -0.379 e. The van der Waals surface area contributed by atoms with Crippen molar-refractivity contribution in [2.45, 2.75) is 13.0 Å². The van der Waals surface area contributed by atoms with Crippen LogP contribution >= 0.6 is 11.6 Å². The molecule has 0 amide bonds. The standard InChI is InChI=1S/C14H11ClF3N/c15-11-2-1-3-12(13(11)16)19-8-9-4-6-10(7-5-9)14(17)18/h1-7,14,19H,8H2. The van der Waals surface area contributed by atoms with Crippen molar-refractivity contribution < 1.29 is 13.2 Å². The summed E-state index contributed by atoms with van der Waals surface area (Å²) >= 11 is 5.65. The molecule has 0 unspecified atom stereocenters. The Morgan fingerprint density at radius 3 is 2.37 bits per heavy atom. The average molecular weight is 286 g/mol. The van der Waals surface area contributed by atoms with Crippen molar-refractivity contribution in [3.63, 3.8) is 0 Å². The molecule has 19 heavy (non-hydrogen) atoms. The lowest BCUT2D eigenvalue weighted by Crippen LogP contribution is -2.01. The van der Waals surface area contributed by atoms with E-state index in [0.29, 0.717) is 6.54 Å². The fourth-order valence-corrected chi connectivity index (χ4v) is 1.79. The molecule has 0 aromatic heterocycles. The maximum absolute atomic E-state index is 13.6. The van der Waals surface area contributed by atoms with Crippen molar-refractivity contribution >= 4 is 17.3 Å². The third-order valence-corrected chi connectivity index (χ3v) is 2.96. The molecule has 0 aliphatic rings. The Hall–Kier alpha value is -1.68. The third kappa shape index (κ3) is 3.41. The number of benzene rings is 2. The third-order valence-electron chi connectivity index (χ3n) is 2.67. The topological polar surface area (TPSA) is 12.0 Å². The molecule has 0 heterocycles. The van der Waals surface area contributed by atoms with Gasteiger partial charge in [-0.15, -0.1) is 0 Å². The van der Waals surface area contributed by atoms with Gasteiger partial charge in [0.1, 0.15) is 0 Å². The molecule has 0 saturated carbocycles. The normalized spacial score (nSPS) is 10.8. The highest BCUT2D eigenvalue weighted by Gasteiger charge is 2.07. The van der Waals surface area contributed by atoms with Gasteiger partial charge < -0.3 is 5.32 Å². The van der Waals surface area contributed by atoms with Gasteiger partial charge in [-0.2, -0.15) is 0 Å². The van der Waals surface area contributed by atoms with E-state index in [-0.39, 0.29) is 16.3 Å². The van der Waals surface area contributed by atoms with Gasteiger partial charge in [-0.1, -0.05) is 41.9 Å². The average Bonchev–Trinajstić information content (AvgIpc) is 2.41. The van der Waals surface area contributed by atoms with Crippen LogP contribution in [0.2, 0.25) is 5.02 Å². The fraction of sp³-hybridized carbons (Fsp3) is 0.143. The van der Waals surface area contributed by atoms with E-state index in [0.717, 1.165) is 5.56 Å². The monoisotopic (exact) mass is 285 g/mol. The van der Waals surface area contributed by atoms with Crippen LogP contribution in [0, 0.1) is 5.82 Å². The molecule has 1 nitrogen and oxygen atoms in total. The number of halogens is 4.